The number of aliphatic hydroxyl groups is 1. The van der Waals surface area contributed by atoms with Crippen molar-refractivity contribution in [3.8, 4) is 5.75 Å². The zero-order valence-electron chi connectivity index (χ0n) is 14.9. The minimum Gasteiger partial charge on any atom is -0.508 e. The quantitative estimate of drug-likeness (QED) is 0.862. The van der Waals surface area contributed by atoms with E-state index in [1.807, 2.05) is 30.3 Å². The topological polar surface area (TPSA) is 64.0 Å². The number of β-amino-alcohol motifs (C(OH)–C–C–N with tert-alkyl or cyclic N) is 1. The molecule has 5 heteroatoms. The average molecular weight is 354 g/mol. The van der Waals surface area contributed by atoms with Crippen LogP contribution in [0, 0.1) is 0 Å². The van der Waals surface area contributed by atoms with Crippen LogP contribution in [0.3, 0.4) is 0 Å². The molecule has 2 aromatic carbocycles. The maximum absolute atomic E-state index is 12.5. The summed E-state index contributed by atoms with van der Waals surface area (Å²) in [6.07, 6.45) is 0.522. The molecule has 0 aliphatic carbocycles. The van der Waals surface area contributed by atoms with E-state index in [0.29, 0.717) is 32.5 Å². The van der Waals surface area contributed by atoms with Crippen LogP contribution in [0.25, 0.3) is 0 Å². The fraction of sp³-hybridized carbons (Fsp3) is 0.381. The summed E-state index contributed by atoms with van der Waals surface area (Å²) in [6.45, 7) is 3.15. The van der Waals surface area contributed by atoms with Crippen molar-refractivity contribution in [1.29, 1.82) is 0 Å². The first-order valence-corrected chi connectivity index (χ1v) is 9.10. The number of aliphatic hydroxyl groups excluding tert-OH is 1. The number of rotatable bonds is 5. The Balaban J connectivity index is 1.52. The molecule has 3 rings (SSSR count). The maximum atomic E-state index is 12.5. The smallest absolute Gasteiger partial charge is 0.223 e. The number of phenolic OH excluding ortho intramolecular Hbond substituents is 1. The van der Waals surface area contributed by atoms with Gasteiger partial charge in [-0.1, -0.05) is 42.5 Å². The van der Waals surface area contributed by atoms with Crippen LogP contribution in [-0.4, -0.2) is 58.2 Å². The van der Waals surface area contributed by atoms with Crippen LogP contribution in [0.1, 0.15) is 17.5 Å². The fourth-order valence-electron chi connectivity index (χ4n) is 3.34. The van der Waals surface area contributed by atoms with Crippen LogP contribution >= 0.6 is 0 Å². The van der Waals surface area contributed by atoms with Gasteiger partial charge in [0.05, 0.1) is 6.10 Å². The van der Waals surface area contributed by atoms with Crippen LogP contribution < -0.4 is 0 Å². The summed E-state index contributed by atoms with van der Waals surface area (Å²) in [6, 6.07) is 17.1. The Morgan fingerprint density at radius 1 is 0.962 bits per heavy atom. The molecule has 1 aliphatic rings. The molecule has 26 heavy (non-hydrogen) atoms. The molecule has 0 spiro atoms. The Morgan fingerprint density at radius 2 is 1.69 bits per heavy atom. The lowest BCUT2D eigenvalue weighted by atomic mass is 10.1. The first kappa shape index (κ1) is 18.4. The lowest BCUT2D eigenvalue weighted by Gasteiger charge is -2.22. The molecule has 2 aromatic rings. The van der Waals surface area contributed by atoms with Gasteiger partial charge in [-0.2, -0.15) is 0 Å². The van der Waals surface area contributed by atoms with Crippen molar-refractivity contribution in [2.45, 2.75) is 25.5 Å². The van der Waals surface area contributed by atoms with E-state index < -0.39 is 6.10 Å². The third-order valence-electron chi connectivity index (χ3n) is 4.75. The second-order valence-corrected chi connectivity index (χ2v) is 6.88. The Hall–Kier alpha value is -2.37. The van der Waals surface area contributed by atoms with Crippen molar-refractivity contribution in [1.82, 2.24) is 9.80 Å². The Labute approximate surface area is 154 Å². The minimum absolute atomic E-state index is 0.0682. The van der Waals surface area contributed by atoms with Gasteiger partial charge in [-0.25, -0.2) is 0 Å². The second-order valence-electron chi connectivity index (χ2n) is 6.88. The van der Waals surface area contributed by atoms with E-state index in [-0.39, 0.29) is 11.7 Å². The summed E-state index contributed by atoms with van der Waals surface area (Å²) >= 11 is 0. The van der Waals surface area contributed by atoms with Gasteiger partial charge in [0.1, 0.15) is 5.75 Å². The highest BCUT2D eigenvalue weighted by Crippen LogP contribution is 2.14. The van der Waals surface area contributed by atoms with E-state index in [0.717, 1.165) is 18.7 Å². The van der Waals surface area contributed by atoms with Gasteiger partial charge in [-0.15, -0.1) is 0 Å². The molecule has 2 N–H and O–H groups in total. The average Bonchev–Trinajstić information content (AvgIpc) is 2.83. The predicted octanol–water partition coefficient (Wildman–Crippen LogP) is 2.03. The normalized spacial score (nSPS) is 18.5. The van der Waals surface area contributed by atoms with Crippen molar-refractivity contribution >= 4 is 5.91 Å². The van der Waals surface area contributed by atoms with Gasteiger partial charge in [0.15, 0.2) is 0 Å². The van der Waals surface area contributed by atoms with Crippen molar-refractivity contribution in [2.75, 3.05) is 26.2 Å². The SMILES string of the molecule is O=C(CCc1ccc(O)cc1)N1CCN(Cc2ccccc2)CC(O)C1. The number of aryl methyl sites for hydroxylation is 1. The Morgan fingerprint density at radius 3 is 2.42 bits per heavy atom. The summed E-state index contributed by atoms with van der Waals surface area (Å²) in [7, 11) is 0. The van der Waals surface area contributed by atoms with Gasteiger partial charge in [0, 0.05) is 39.1 Å². The molecule has 1 unspecified atom stereocenters. The van der Waals surface area contributed by atoms with Crippen LogP contribution in [0.5, 0.6) is 5.75 Å². The van der Waals surface area contributed by atoms with Gasteiger partial charge < -0.3 is 15.1 Å². The highest BCUT2D eigenvalue weighted by molar-refractivity contribution is 5.76. The largest absolute Gasteiger partial charge is 0.508 e. The number of benzene rings is 2. The standard InChI is InChI=1S/C21H26N2O3/c24-19-9-6-17(7-10-19)8-11-21(26)23-13-12-22(15-20(25)16-23)14-18-4-2-1-3-5-18/h1-7,9-10,20,24-25H,8,11-16H2. The second kappa shape index (κ2) is 8.83. The minimum atomic E-state index is -0.529. The Kier molecular flexibility index (Phi) is 6.26. The summed E-state index contributed by atoms with van der Waals surface area (Å²) in [5.74, 6) is 0.299. The summed E-state index contributed by atoms with van der Waals surface area (Å²) in [5.41, 5.74) is 2.24. The molecule has 0 saturated carbocycles. The number of hydrogen-bond donors (Lipinski definition) is 2. The van der Waals surface area contributed by atoms with E-state index in [4.69, 9.17) is 0 Å². The van der Waals surface area contributed by atoms with E-state index in [1.54, 1.807) is 17.0 Å². The highest BCUT2D eigenvalue weighted by atomic mass is 16.3. The molecule has 1 heterocycles. The number of carbonyl (C=O) groups excluding carboxylic acids is 1. The number of aromatic hydroxyl groups is 1. The summed E-state index contributed by atoms with van der Waals surface area (Å²) in [4.78, 5) is 16.5. The van der Waals surface area contributed by atoms with E-state index >= 15 is 0 Å². The van der Waals surface area contributed by atoms with E-state index in [1.165, 1.54) is 5.56 Å². The van der Waals surface area contributed by atoms with Gasteiger partial charge in [-0.05, 0) is 29.7 Å². The zero-order valence-corrected chi connectivity index (χ0v) is 14.9. The third kappa shape index (κ3) is 5.31. The molecule has 0 radical (unpaired) electrons. The molecule has 5 nitrogen and oxygen atoms in total. The zero-order chi connectivity index (χ0) is 18.4. The molecule has 1 amide bonds. The lowest BCUT2D eigenvalue weighted by molar-refractivity contribution is -0.132. The molecule has 1 fully saturated rings. The van der Waals surface area contributed by atoms with Gasteiger partial charge in [0.2, 0.25) is 5.91 Å². The predicted molar refractivity (Wildman–Crippen MR) is 101 cm³/mol. The first-order chi connectivity index (χ1) is 12.6. The van der Waals surface area contributed by atoms with E-state index in [9.17, 15) is 15.0 Å². The van der Waals surface area contributed by atoms with Crippen LogP contribution in [-0.2, 0) is 17.8 Å². The molecular weight excluding hydrogens is 328 g/mol. The van der Waals surface area contributed by atoms with Crippen molar-refractivity contribution in [2.24, 2.45) is 0 Å². The van der Waals surface area contributed by atoms with Crippen LogP contribution in [0.15, 0.2) is 54.6 Å². The molecule has 138 valence electrons. The number of hydrogen-bond acceptors (Lipinski definition) is 4. The lowest BCUT2D eigenvalue weighted by Crippen LogP contribution is -2.37. The number of carbonyl (C=O) groups is 1. The van der Waals surface area contributed by atoms with Gasteiger partial charge in [-0.3, -0.25) is 9.69 Å². The number of phenols is 1. The Bertz CT molecular complexity index is 703. The number of amides is 1. The van der Waals surface area contributed by atoms with Crippen molar-refractivity contribution in [3.05, 3.63) is 65.7 Å². The van der Waals surface area contributed by atoms with Gasteiger partial charge >= 0.3 is 0 Å². The van der Waals surface area contributed by atoms with Crippen LogP contribution in [0.2, 0.25) is 0 Å². The molecule has 1 atom stereocenters. The van der Waals surface area contributed by atoms with Crippen molar-refractivity contribution < 1.29 is 15.0 Å². The fourth-order valence-corrected chi connectivity index (χ4v) is 3.34. The van der Waals surface area contributed by atoms with E-state index in [2.05, 4.69) is 17.0 Å². The molecule has 0 aromatic heterocycles. The number of nitrogens with zero attached hydrogens (tertiary/aromatic N) is 2. The molecule has 1 saturated heterocycles. The van der Waals surface area contributed by atoms with Crippen LogP contribution in [0.4, 0.5) is 0 Å². The monoisotopic (exact) mass is 354 g/mol. The van der Waals surface area contributed by atoms with Crippen molar-refractivity contribution in [3.63, 3.8) is 0 Å². The maximum Gasteiger partial charge on any atom is 0.223 e. The van der Waals surface area contributed by atoms with Gasteiger partial charge in [0.25, 0.3) is 0 Å². The summed E-state index contributed by atoms with van der Waals surface area (Å²) < 4.78 is 0. The molecular formula is C21H26N2O3. The highest BCUT2D eigenvalue weighted by Gasteiger charge is 2.24. The summed E-state index contributed by atoms with van der Waals surface area (Å²) in [5, 5.41) is 19.6. The molecule has 1 aliphatic heterocycles. The first-order valence-electron chi connectivity index (χ1n) is 9.10. The molecule has 0 bridgehead atoms. The third-order valence-corrected chi connectivity index (χ3v) is 4.75.